The number of rotatable bonds is 10. The van der Waals surface area contributed by atoms with E-state index in [-0.39, 0.29) is 0 Å². The maximum Gasteiger partial charge on any atom is 0.119 e. The molecule has 1 atom stereocenters. The van der Waals surface area contributed by atoms with Crippen molar-refractivity contribution in [1.82, 2.24) is 9.80 Å². The van der Waals surface area contributed by atoms with Crippen LogP contribution in [0.3, 0.4) is 0 Å². The van der Waals surface area contributed by atoms with E-state index in [1.165, 1.54) is 50.5 Å². The van der Waals surface area contributed by atoms with Gasteiger partial charge in [-0.3, -0.25) is 4.90 Å². The second-order valence-corrected chi connectivity index (χ2v) is 9.02. The first-order chi connectivity index (χ1) is 14.1. The minimum Gasteiger partial charge on any atom is -0.491 e. The molecule has 2 fully saturated rings. The van der Waals surface area contributed by atoms with Crippen LogP contribution >= 0.6 is 0 Å². The van der Waals surface area contributed by atoms with Gasteiger partial charge in [-0.25, -0.2) is 0 Å². The molecular weight excluding hydrogens is 364 g/mol. The Kier molecular flexibility index (Phi) is 9.25. The highest BCUT2D eigenvalue weighted by atomic mass is 16.5. The zero-order valence-corrected chi connectivity index (χ0v) is 18.4. The second kappa shape index (κ2) is 11.9. The van der Waals surface area contributed by atoms with Gasteiger partial charge in [0, 0.05) is 32.8 Å². The lowest BCUT2D eigenvalue weighted by molar-refractivity contribution is 0.0561. The summed E-state index contributed by atoms with van der Waals surface area (Å²) >= 11 is 0. The van der Waals surface area contributed by atoms with E-state index in [9.17, 15) is 5.11 Å². The molecule has 1 aromatic rings. The van der Waals surface area contributed by atoms with Crippen LogP contribution in [-0.2, 0) is 11.3 Å². The lowest BCUT2D eigenvalue weighted by Gasteiger charge is -2.32. The van der Waals surface area contributed by atoms with E-state index in [4.69, 9.17) is 9.47 Å². The van der Waals surface area contributed by atoms with Crippen molar-refractivity contribution in [3.8, 4) is 5.75 Å². The van der Waals surface area contributed by atoms with Crippen molar-refractivity contribution in [2.75, 3.05) is 47.0 Å². The fourth-order valence-electron chi connectivity index (χ4n) is 4.79. The summed E-state index contributed by atoms with van der Waals surface area (Å²) in [6, 6.07) is 8.96. The number of hydrogen-bond donors (Lipinski definition) is 1. The van der Waals surface area contributed by atoms with Crippen molar-refractivity contribution < 1.29 is 14.6 Å². The van der Waals surface area contributed by atoms with Gasteiger partial charge >= 0.3 is 0 Å². The number of likely N-dealkylation sites (tertiary alicyclic amines) is 1. The molecule has 1 aromatic carbocycles. The van der Waals surface area contributed by atoms with Crippen molar-refractivity contribution >= 4 is 0 Å². The van der Waals surface area contributed by atoms with Crippen LogP contribution in [-0.4, -0.2) is 74.1 Å². The molecule has 1 N–H and O–H groups in total. The van der Waals surface area contributed by atoms with E-state index in [0.29, 0.717) is 25.1 Å². The third-order valence-corrected chi connectivity index (χ3v) is 6.55. The monoisotopic (exact) mass is 404 g/mol. The fourth-order valence-corrected chi connectivity index (χ4v) is 4.79. The topological polar surface area (TPSA) is 45.2 Å². The predicted molar refractivity (Wildman–Crippen MR) is 117 cm³/mol. The van der Waals surface area contributed by atoms with Crippen LogP contribution < -0.4 is 4.74 Å². The highest BCUT2D eigenvalue weighted by Gasteiger charge is 2.21. The Morgan fingerprint density at radius 3 is 2.62 bits per heavy atom. The molecule has 1 heterocycles. The first-order valence-corrected chi connectivity index (χ1v) is 11.5. The molecule has 5 heteroatoms. The van der Waals surface area contributed by atoms with Gasteiger partial charge in [0.1, 0.15) is 18.5 Å². The summed E-state index contributed by atoms with van der Waals surface area (Å²) in [7, 11) is 3.93. The first kappa shape index (κ1) is 22.5. The number of nitrogens with zero attached hydrogens (tertiary/aromatic N) is 2. The maximum atomic E-state index is 10.4. The summed E-state index contributed by atoms with van der Waals surface area (Å²) in [6.45, 7) is 5.14. The standard InChI is InChI=1S/C24H40N2O3/c1-25(22-8-4-3-5-9-22)17-23(27)19-29-24-10-6-7-21(15-24)16-26-13-11-20(12-14-26)18-28-2/h6-7,10,15,20,22-23,27H,3-5,8-9,11-14,16-19H2,1-2H3/t23-/m0/s1. The van der Waals surface area contributed by atoms with E-state index in [0.717, 1.165) is 32.0 Å². The van der Waals surface area contributed by atoms with Crippen molar-refractivity contribution in [1.29, 1.82) is 0 Å². The molecule has 164 valence electrons. The fraction of sp³-hybridized carbons (Fsp3) is 0.750. The van der Waals surface area contributed by atoms with Gasteiger partial charge in [0.2, 0.25) is 0 Å². The Morgan fingerprint density at radius 1 is 1.14 bits per heavy atom. The molecule has 0 amide bonds. The number of benzene rings is 1. The lowest BCUT2D eigenvalue weighted by Crippen LogP contribution is -2.40. The van der Waals surface area contributed by atoms with Crippen LogP contribution in [0.2, 0.25) is 0 Å². The number of methoxy groups -OCH3 is 1. The van der Waals surface area contributed by atoms with Crippen LogP contribution in [0.4, 0.5) is 0 Å². The summed E-state index contributed by atoms with van der Waals surface area (Å²) in [6.07, 6.45) is 8.48. The van der Waals surface area contributed by atoms with Gasteiger partial charge in [0.05, 0.1) is 0 Å². The molecule has 1 saturated carbocycles. The summed E-state index contributed by atoms with van der Waals surface area (Å²) in [4.78, 5) is 4.83. The number of ether oxygens (including phenoxy) is 2. The first-order valence-electron chi connectivity index (χ1n) is 11.5. The molecule has 29 heavy (non-hydrogen) atoms. The van der Waals surface area contributed by atoms with E-state index in [1.54, 1.807) is 7.11 Å². The molecule has 1 aliphatic carbocycles. The molecule has 0 unspecified atom stereocenters. The van der Waals surface area contributed by atoms with Gasteiger partial charge < -0.3 is 19.5 Å². The maximum absolute atomic E-state index is 10.4. The van der Waals surface area contributed by atoms with Crippen LogP contribution in [0.25, 0.3) is 0 Å². The molecule has 0 spiro atoms. The Bertz CT molecular complexity index is 583. The number of aliphatic hydroxyl groups excluding tert-OH is 1. The summed E-state index contributed by atoms with van der Waals surface area (Å²) < 4.78 is 11.2. The van der Waals surface area contributed by atoms with Gasteiger partial charge in [-0.05, 0) is 69.4 Å². The smallest absolute Gasteiger partial charge is 0.119 e. The van der Waals surface area contributed by atoms with Gasteiger partial charge in [-0.1, -0.05) is 31.4 Å². The van der Waals surface area contributed by atoms with E-state index < -0.39 is 6.10 Å². The summed E-state index contributed by atoms with van der Waals surface area (Å²) in [5.41, 5.74) is 1.28. The number of aliphatic hydroxyl groups is 1. The zero-order chi connectivity index (χ0) is 20.5. The summed E-state index contributed by atoms with van der Waals surface area (Å²) in [5.74, 6) is 1.57. The van der Waals surface area contributed by atoms with Crippen LogP contribution in [0, 0.1) is 5.92 Å². The summed E-state index contributed by atoms with van der Waals surface area (Å²) in [5, 5.41) is 10.4. The van der Waals surface area contributed by atoms with Gasteiger partial charge in [0.25, 0.3) is 0 Å². The van der Waals surface area contributed by atoms with Crippen LogP contribution in [0.5, 0.6) is 5.75 Å². The third-order valence-electron chi connectivity index (χ3n) is 6.55. The Labute approximate surface area is 177 Å². The SMILES string of the molecule is COCC1CCN(Cc2cccc(OC[C@@H](O)CN(C)C3CCCCC3)c2)CC1. The molecule has 0 aromatic heterocycles. The quantitative estimate of drug-likeness (QED) is 0.646. The zero-order valence-electron chi connectivity index (χ0n) is 18.4. The van der Waals surface area contributed by atoms with E-state index >= 15 is 0 Å². The van der Waals surface area contributed by atoms with E-state index in [1.807, 2.05) is 6.07 Å². The Balaban J connectivity index is 1.40. The highest BCUT2D eigenvalue weighted by molar-refractivity contribution is 5.28. The molecular formula is C24H40N2O3. The van der Waals surface area contributed by atoms with Gasteiger partial charge in [-0.2, -0.15) is 0 Å². The third kappa shape index (κ3) is 7.56. The van der Waals surface area contributed by atoms with Crippen molar-refractivity contribution in [2.24, 2.45) is 5.92 Å². The normalized spacial score (nSPS) is 20.8. The Hall–Kier alpha value is -1.14. The van der Waals surface area contributed by atoms with Crippen LogP contribution in [0.15, 0.2) is 24.3 Å². The number of hydrogen-bond acceptors (Lipinski definition) is 5. The van der Waals surface area contributed by atoms with E-state index in [2.05, 4.69) is 35.0 Å². The average Bonchev–Trinajstić information content (AvgIpc) is 2.75. The Morgan fingerprint density at radius 2 is 1.90 bits per heavy atom. The lowest BCUT2D eigenvalue weighted by atomic mass is 9.94. The highest BCUT2D eigenvalue weighted by Crippen LogP contribution is 2.23. The second-order valence-electron chi connectivity index (χ2n) is 9.02. The molecule has 0 radical (unpaired) electrons. The molecule has 2 aliphatic rings. The van der Waals surface area contributed by atoms with Crippen molar-refractivity contribution in [3.63, 3.8) is 0 Å². The number of likely N-dealkylation sites (N-methyl/N-ethyl adjacent to an activating group) is 1. The minimum atomic E-state index is -0.453. The molecule has 0 bridgehead atoms. The number of piperidine rings is 1. The van der Waals surface area contributed by atoms with Crippen molar-refractivity contribution in [2.45, 2.75) is 63.6 Å². The predicted octanol–water partition coefficient (Wildman–Crippen LogP) is 3.55. The van der Waals surface area contributed by atoms with Gasteiger partial charge in [-0.15, -0.1) is 0 Å². The molecule has 5 nitrogen and oxygen atoms in total. The minimum absolute atomic E-state index is 0.350. The molecule has 1 aliphatic heterocycles. The van der Waals surface area contributed by atoms with Crippen molar-refractivity contribution in [3.05, 3.63) is 29.8 Å². The average molecular weight is 405 g/mol. The van der Waals surface area contributed by atoms with Crippen LogP contribution in [0.1, 0.15) is 50.5 Å². The largest absolute Gasteiger partial charge is 0.491 e. The molecule has 3 rings (SSSR count). The molecule has 1 saturated heterocycles. The van der Waals surface area contributed by atoms with Gasteiger partial charge in [0.15, 0.2) is 0 Å².